The van der Waals surface area contributed by atoms with Gasteiger partial charge in [0.2, 0.25) is 5.91 Å². The van der Waals surface area contributed by atoms with E-state index in [2.05, 4.69) is 10.6 Å². The normalized spacial score (nSPS) is 10.3. The van der Waals surface area contributed by atoms with Crippen LogP contribution in [0, 0.1) is 6.92 Å². The van der Waals surface area contributed by atoms with Crippen LogP contribution in [0.3, 0.4) is 0 Å². The molecule has 34 heavy (non-hydrogen) atoms. The highest BCUT2D eigenvalue weighted by Crippen LogP contribution is 2.18. The Bertz CT molecular complexity index is 1160. The maximum absolute atomic E-state index is 12.6. The van der Waals surface area contributed by atoms with Crippen LogP contribution < -0.4 is 20.1 Å². The Morgan fingerprint density at radius 3 is 2.47 bits per heavy atom. The van der Waals surface area contributed by atoms with Gasteiger partial charge in [-0.1, -0.05) is 42.5 Å². The number of carbonyl (C=O) groups excluding carboxylic acids is 3. The number of carbonyl (C=O) groups is 3. The van der Waals surface area contributed by atoms with Gasteiger partial charge in [0.1, 0.15) is 11.5 Å². The highest BCUT2D eigenvalue weighted by Gasteiger charge is 2.11. The summed E-state index contributed by atoms with van der Waals surface area (Å²) in [4.78, 5) is 36.1. The molecule has 0 unspecified atom stereocenters. The molecule has 0 saturated heterocycles. The van der Waals surface area contributed by atoms with Crippen molar-refractivity contribution in [1.82, 2.24) is 5.32 Å². The van der Waals surface area contributed by atoms with Gasteiger partial charge in [-0.05, 0) is 54.8 Å². The van der Waals surface area contributed by atoms with Gasteiger partial charge in [0.15, 0.2) is 0 Å². The minimum Gasteiger partial charge on any atom is -0.493 e. The van der Waals surface area contributed by atoms with E-state index in [0.29, 0.717) is 36.4 Å². The van der Waals surface area contributed by atoms with E-state index in [1.807, 2.05) is 49.4 Å². The van der Waals surface area contributed by atoms with Gasteiger partial charge < -0.3 is 20.1 Å². The lowest BCUT2D eigenvalue weighted by atomic mass is 10.1. The van der Waals surface area contributed by atoms with E-state index in [0.717, 1.165) is 16.9 Å². The second-order valence-electron chi connectivity index (χ2n) is 7.73. The summed E-state index contributed by atoms with van der Waals surface area (Å²) in [7, 11) is 0. The Kier molecular flexibility index (Phi) is 8.80. The van der Waals surface area contributed by atoms with Gasteiger partial charge >= 0.3 is 5.97 Å². The molecule has 2 amide bonds. The van der Waals surface area contributed by atoms with Gasteiger partial charge in [-0.25, -0.2) is 0 Å². The lowest BCUT2D eigenvalue weighted by Gasteiger charge is -2.13. The molecule has 0 aromatic heterocycles. The second-order valence-corrected chi connectivity index (χ2v) is 7.73. The molecule has 7 heteroatoms. The number of nitrogens with one attached hydrogen (secondary N) is 2. The van der Waals surface area contributed by atoms with E-state index in [1.165, 1.54) is 13.0 Å². The van der Waals surface area contributed by atoms with Crippen molar-refractivity contribution < 1.29 is 23.9 Å². The summed E-state index contributed by atoms with van der Waals surface area (Å²) >= 11 is 0. The molecular weight excluding hydrogens is 432 g/mol. The van der Waals surface area contributed by atoms with Crippen LogP contribution >= 0.6 is 0 Å². The number of amides is 2. The smallest absolute Gasteiger partial charge is 0.308 e. The average molecular weight is 461 g/mol. The standard InChI is InChI=1S/C27H28N2O5/c1-19-9-3-6-14-25(19)33-16-8-15-26(31)29-24-13-5-4-10-22(24)18-28-27(32)21-11-7-12-23(17-21)34-20(2)30/h3-7,9-14,17H,8,15-16,18H2,1-2H3,(H,28,32)(H,29,31). The third kappa shape index (κ3) is 7.48. The van der Waals surface area contributed by atoms with Crippen molar-refractivity contribution in [3.05, 3.63) is 89.5 Å². The summed E-state index contributed by atoms with van der Waals surface area (Å²) in [5, 5.41) is 5.75. The summed E-state index contributed by atoms with van der Waals surface area (Å²) < 4.78 is 10.8. The molecule has 0 spiro atoms. The first-order valence-corrected chi connectivity index (χ1v) is 11.1. The van der Waals surface area contributed by atoms with Gasteiger partial charge in [0.25, 0.3) is 5.91 Å². The molecule has 0 saturated carbocycles. The third-order valence-corrected chi connectivity index (χ3v) is 4.99. The molecule has 0 aliphatic heterocycles. The Hall–Kier alpha value is -4.13. The number of benzene rings is 3. The topological polar surface area (TPSA) is 93.7 Å². The maximum Gasteiger partial charge on any atom is 0.308 e. The molecule has 0 bridgehead atoms. The SMILES string of the molecule is CC(=O)Oc1cccc(C(=O)NCc2ccccc2NC(=O)CCCOc2ccccc2C)c1. The number of anilines is 1. The molecular formula is C27H28N2O5. The van der Waals surface area contributed by atoms with Crippen LogP contribution in [0.4, 0.5) is 5.69 Å². The summed E-state index contributed by atoms with van der Waals surface area (Å²) in [5.41, 5.74) is 2.84. The molecule has 0 fully saturated rings. The molecule has 3 aromatic carbocycles. The fraction of sp³-hybridized carbons (Fsp3) is 0.222. The van der Waals surface area contributed by atoms with E-state index in [-0.39, 0.29) is 18.4 Å². The Morgan fingerprint density at radius 2 is 1.68 bits per heavy atom. The van der Waals surface area contributed by atoms with Crippen LogP contribution in [0.2, 0.25) is 0 Å². The summed E-state index contributed by atoms with van der Waals surface area (Å²) in [6, 6.07) is 21.5. The summed E-state index contributed by atoms with van der Waals surface area (Å²) in [6.45, 7) is 3.95. The number of ether oxygens (including phenoxy) is 2. The van der Waals surface area contributed by atoms with Gasteiger partial charge in [-0.15, -0.1) is 0 Å². The lowest BCUT2D eigenvalue weighted by Crippen LogP contribution is -2.24. The largest absolute Gasteiger partial charge is 0.493 e. The van der Waals surface area contributed by atoms with E-state index >= 15 is 0 Å². The predicted octanol–water partition coefficient (Wildman–Crippen LogP) is 4.65. The molecule has 7 nitrogen and oxygen atoms in total. The zero-order valence-electron chi connectivity index (χ0n) is 19.3. The quantitative estimate of drug-likeness (QED) is 0.261. The highest BCUT2D eigenvalue weighted by molar-refractivity contribution is 5.95. The van der Waals surface area contributed by atoms with E-state index in [4.69, 9.17) is 9.47 Å². The van der Waals surface area contributed by atoms with Crippen LogP contribution in [0.15, 0.2) is 72.8 Å². The van der Waals surface area contributed by atoms with Gasteiger partial charge in [-0.2, -0.15) is 0 Å². The summed E-state index contributed by atoms with van der Waals surface area (Å²) in [6.07, 6.45) is 0.896. The van der Waals surface area contributed by atoms with Gasteiger partial charge in [-0.3, -0.25) is 14.4 Å². The van der Waals surface area contributed by atoms with Crippen molar-refractivity contribution in [2.75, 3.05) is 11.9 Å². The van der Waals surface area contributed by atoms with Crippen molar-refractivity contribution in [3.8, 4) is 11.5 Å². The second kappa shape index (κ2) is 12.2. The van der Waals surface area contributed by atoms with Crippen molar-refractivity contribution in [1.29, 1.82) is 0 Å². The van der Waals surface area contributed by atoms with Gasteiger partial charge in [0, 0.05) is 31.1 Å². The number of aryl methyl sites for hydroxylation is 1. The minimum atomic E-state index is -0.455. The first kappa shape index (κ1) is 24.5. The van der Waals surface area contributed by atoms with Crippen LogP contribution in [-0.4, -0.2) is 24.4 Å². The van der Waals surface area contributed by atoms with E-state index in [9.17, 15) is 14.4 Å². The fourth-order valence-electron chi connectivity index (χ4n) is 3.29. The number of esters is 1. The lowest BCUT2D eigenvalue weighted by molar-refractivity contribution is -0.131. The zero-order valence-corrected chi connectivity index (χ0v) is 19.3. The average Bonchev–Trinajstić information content (AvgIpc) is 2.82. The van der Waals surface area contributed by atoms with Crippen LogP contribution in [0.5, 0.6) is 11.5 Å². The third-order valence-electron chi connectivity index (χ3n) is 4.99. The van der Waals surface area contributed by atoms with Gasteiger partial charge in [0.05, 0.1) is 6.61 Å². The summed E-state index contributed by atoms with van der Waals surface area (Å²) in [5.74, 6) is 0.232. The number of para-hydroxylation sites is 2. The number of hydrogen-bond donors (Lipinski definition) is 2. The molecule has 0 aliphatic carbocycles. The molecule has 0 atom stereocenters. The first-order chi connectivity index (χ1) is 16.4. The van der Waals surface area contributed by atoms with Crippen molar-refractivity contribution in [2.24, 2.45) is 0 Å². The molecule has 2 N–H and O–H groups in total. The predicted molar refractivity (Wildman–Crippen MR) is 130 cm³/mol. The first-order valence-electron chi connectivity index (χ1n) is 11.1. The van der Waals surface area contributed by atoms with Crippen molar-refractivity contribution in [3.63, 3.8) is 0 Å². The van der Waals surface area contributed by atoms with Crippen LogP contribution in [-0.2, 0) is 16.1 Å². The molecule has 0 heterocycles. The van der Waals surface area contributed by atoms with Crippen LogP contribution in [0.1, 0.15) is 41.3 Å². The van der Waals surface area contributed by atoms with Crippen molar-refractivity contribution >= 4 is 23.5 Å². The fourth-order valence-corrected chi connectivity index (χ4v) is 3.29. The maximum atomic E-state index is 12.6. The molecule has 176 valence electrons. The molecule has 0 aliphatic rings. The number of rotatable bonds is 10. The van der Waals surface area contributed by atoms with Crippen molar-refractivity contribution in [2.45, 2.75) is 33.2 Å². The Labute approximate surface area is 199 Å². The Morgan fingerprint density at radius 1 is 0.912 bits per heavy atom. The minimum absolute atomic E-state index is 0.124. The molecule has 0 radical (unpaired) electrons. The Balaban J connectivity index is 1.50. The van der Waals surface area contributed by atoms with Crippen LogP contribution in [0.25, 0.3) is 0 Å². The molecule has 3 rings (SSSR count). The van der Waals surface area contributed by atoms with E-state index < -0.39 is 5.97 Å². The molecule has 3 aromatic rings. The van der Waals surface area contributed by atoms with E-state index in [1.54, 1.807) is 24.3 Å². The zero-order chi connectivity index (χ0) is 24.3. The highest BCUT2D eigenvalue weighted by atomic mass is 16.5. The monoisotopic (exact) mass is 460 g/mol. The number of hydrogen-bond acceptors (Lipinski definition) is 5.